The normalized spacial score (nSPS) is 11.6. The number of carbonyl (C=O) groups excluding carboxylic acids is 1. The van der Waals surface area contributed by atoms with Crippen LogP contribution in [0.5, 0.6) is 11.5 Å². The summed E-state index contributed by atoms with van der Waals surface area (Å²) in [5, 5.41) is 33.1. The summed E-state index contributed by atoms with van der Waals surface area (Å²) in [6.07, 6.45) is 0. The molecule has 0 saturated carbocycles. The number of phenolic OH excluding ortho intramolecular Hbond substituents is 2. The number of hydrogen-bond acceptors (Lipinski definition) is 6. The van der Waals surface area contributed by atoms with Crippen LogP contribution in [0.4, 0.5) is 0 Å². The van der Waals surface area contributed by atoms with Crippen molar-refractivity contribution >= 4 is 16.9 Å². The van der Waals surface area contributed by atoms with Gasteiger partial charge >= 0.3 is 0 Å². The average molecular weight is 389 g/mol. The fourth-order valence-corrected chi connectivity index (χ4v) is 2.95. The van der Waals surface area contributed by atoms with Crippen molar-refractivity contribution in [1.82, 2.24) is 14.8 Å². The van der Waals surface area contributed by atoms with E-state index in [-0.39, 0.29) is 35.3 Å². The lowest BCUT2D eigenvalue weighted by atomic mass is 10.1. The predicted octanol–water partition coefficient (Wildman–Crippen LogP) is 1.37. The summed E-state index contributed by atoms with van der Waals surface area (Å²) in [5.41, 5.74) is 6.99. The predicted molar refractivity (Wildman–Crippen MR) is 101 cm³/mol. The van der Waals surface area contributed by atoms with Crippen LogP contribution in [0, 0.1) is 6.92 Å². The molecule has 0 aliphatic carbocycles. The maximum atomic E-state index is 11.7. The van der Waals surface area contributed by atoms with E-state index in [1.807, 2.05) is 19.1 Å². The number of nitrogens with two attached hydrogens (primary N) is 2. The van der Waals surface area contributed by atoms with Gasteiger partial charge in [-0.2, -0.15) is 0 Å². The van der Waals surface area contributed by atoms with Gasteiger partial charge in [-0.3, -0.25) is 9.36 Å². The van der Waals surface area contributed by atoms with Crippen LogP contribution in [0.15, 0.2) is 41.3 Å². The van der Waals surface area contributed by atoms with Crippen LogP contribution in [0.3, 0.4) is 0 Å². The van der Waals surface area contributed by atoms with Gasteiger partial charge in [0.2, 0.25) is 5.82 Å². The molecular weight excluding hydrogens is 370 g/mol. The Balaban J connectivity index is 0.00000261. The van der Waals surface area contributed by atoms with Crippen LogP contribution in [-0.2, 0) is 11.0 Å². The van der Waals surface area contributed by atoms with Gasteiger partial charge in [0, 0.05) is 11.8 Å². The topological polar surface area (TPSA) is 157 Å². The second kappa shape index (κ2) is 7.56. The smallest absolute Gasteiger partial charge is 0.287 e. The molecule has 0 bridgehead atoms. The van der Waals surface area contributed by atoms with Crippen LogP contribution in [0.1, 0.15) is 23.6 Å². The lowest BCUT2D eigenvalue weighted by molar-refractivity contribution is 0.0988. The number of primary amides is 1. The molecule has 1 atom stereocenters. The number of rotatable bonds is 4. The molecule has 142 valence electrons. The van der Waals surface area contributed by atoms with Gasteiger partial charge in [0.15, 0.2) is 5.82 Å². The third-order valence-corrected chi connectivity index (χ3v) is 4.47. The Morgan fingerprint density at radius 1 is 1.11 bits per heavy atom. The van der Waals surface area contributed by atoms with E-state index in [0.717, 1.165) is 11.6 Å². The van der Waals surface area contributed by atoms with Gasteiger partial charge in [0.25, 0.3) is 5.91 Å². The van der Waals surface area contributed by atoms with E-state index >= 15 is 0 Å². The molecule has 1 unspecified atom stereocenters. The third-order valence-electron chi connectivity index (χ3n) is 3.71. The summed E-state index contributed by atoms with van der Waals surface area (Å²) < 4.78 is 13.0. The molecule has 1 amide bonds. The lowest BCUT2D eigenvalue weighted by Gasteiger charge is -2.12. The molecule has 0 aliphatic heterocycles. The Labute approximate surface area is 157 Å². The van der Waals surface area contributed by atoms with Gasteiger partial charge < -0.3 is 15.9 Å². The Bertz CT molecular complexity index is 1030. The highest BCUT2D eigenvalue weighted by Crippen LogP contribution is 2.36. The maximum Gasteiger partial charge on any atom is 0.287 e. The Morgan fingerprint density at radius 2 is 1.74 bits per heavy atom. The first-order valence-electron chi connectivity index (χ1n) is 7.34. The molecule has 6 N–H and O–H groups in total. The molecule has 3 rings (SSSR count). The summed E-state index contributed by atoms with van der Waals surface area (Å²) in [7, 11) is -2.00. The average Bonchev–Trinajstić information content (AvgIpc) is 3.00. The number of carbonyl (C=O) groups is 1. The number of aryl methyl sites for hydroxylation is 1. The van der Waals surface area contributed by atoms with Gasteiger partial charge in [-0.1, -0.05) is 25.1 Å². The first-order valence-corrected chi connectivity index (χ1v) is 8.55. The van der Waals surface area contributed by atoms with Crippen molar-refractivity contribution in [2.24, 2.45) is 10.9 Å². The molecule has 2 aromatic carbocycles. The van der Waals surface area contributed by atoms with Crippen LogP contribution in [0.2, 0.25) is 0 Å². The zero-order valence-corrected chi connectivity index (χ0v) is 14.4. The number of benzene rings is 2. The van der Waals surface area contributed by atoms with E-state index in [4.69, 9.17) is 10.9 Å². The molecule has 1 heterocycles. The molecule has 0 spiro atoms. The van der Waals surface area contributed by atoms with Crippen LogP contribution < -0.4 is 10.9 Å². The van der Waals surface area contributed by atoms with Gasteiger partial charge in [-0.15, -0.1) is 10.2 Å². The van der Waals surface area contributed by atoms with Crippen molar-refractivity contribution in [3.63, 3.8) is 0 Å². The Kier molecular flexibility index (Phi) is 5.62. The monoisotopic (exact) mass is 389 g/mol. The zero-order chi connectivity index (χ0) is 19.0. The minimum Gasteiger partial charge on any atom is -0.507 e. The number of amides is 1. The second-order valence-corrected chi connectivity index (χ2v) is 6.55. The fraction of sp³-hybridized carbons (Fsp3) is 0.118. The molecule has 9 nitrogen and oxygen atoms in total. The summed E-state index contributed by atoms with van der Waals surface area (Å²) >= 11 is 0. The van der Waals surface area contributed by atoms with Crippen molar-refractivity contribution in [3.8, 4) is 28.6 Å². The molecule has 1 aromatic heterocycles. The SMILES string of the molecule is C.Cc1ccc(-n2c(C(N)=O)nnc2-c2cc(S(N)=O)c(O)cc2O)cc1. The van der Waals surface area contributed by atoms with E-state index in [1.54, 1.807) is 12.1 Å². The molecule has 0 fully saturated rings. The minimum atomic E-state index is -2.00. The highest BCUT2D eigenvalue weighted by Gasteiger charge is 2.23. The standard InChI is InChI=1S/C16H15N5O4S.CH4/c1-8-2-4-9(5-3-8)21-15(19-20-16(21)14(17)24)10-6-13(26(18)25)12(23)7-11(10)22;/h2-7,22-23H,18H2,1H3,(H2,17,24);1H4. The number of nitrogens with zero attached hydrogens (tertiary/aromatic N) is 3. The number of aromatic nitrogens is 3. The Hall–Kier alpha value is -3.24. The van der Waals surface area contributed by atoms with Crippen molar-refractivity contribution in [2.75, 3.05) is 0 Å². The fourth-order valence-electron chi connectivity index (χ4n) is 2.45. The number of aromatic hydroxyl groups is 2. The van der Waals surface area contributed by atoms with Gasteiger partial charge in [-0.25, -0.2) is 9.35 Å². The summed E-state index contributed by atoms with van der Waals surface area (Å²) in [4.78, 5) is 11.6. The molecule has 0 radical (unpaired) electrons. The van der Waals surface area contributed by atoms with Crippen molar-refractivity contribution in [1.29, 1.82) is 0 Å². The zero-order valence-electron chi connectivity index (χ0n) is 13.6. The van der Waals surface area contributed by atoms with Crippen LogP contribution >= 0.6 is 0 Å². The van der Waals surface area contributed by atoms with E-state index < -0.39 is 22.6 Å². The number of phenols is 2. The van der Waals surface area contributed by atoms with E-state index in [0.29, 0.717) is 5.69 Å². The van der Waals surface area contributed by atoms with Gasteiger partial charge in [-0.05, 0) is 25.1 Å². The third kappa shape index (κ3) is 3.66. The van der Waals surface area contributed by atoms with Crippen molar-refractivity contribution in [2.45, 2.75) is 19.2 Å². The molecule has 3 aromatic rings. The quantitative estimate of drug-likeness (QED) is 0.528. The summed E-state index contributed by atoms with van der Waals surface area (Å²) in [6, 6.07) is 9.32. The second-order valence-electron chi connectivity index (χ2n) is 5.52. The molecule has 0 aliphatic rings. The first-order chi connectivity index (χ1) is 12.3. The van der Waals surface area contributed by atoms with E-state index in [1.165, 1.54) is 10.6 Å². The van der Waals surface area contributed by atoms with Crippen LogP contribution in [-0.4, -0.2) is 35.1 Å². The molecule has 0 saturated heterocycles. The summed E-state index contributed by atoms with van der Waals surface area (Å²) in [5.74, 6) is -1.67. The lowest BCUT2D eigenvalue weighted by Crippen LogP contribution is -2.18. The number of hydrogen-bond donors (Lipinski definition) is 4. The molecular formula is C17H19N5O4S. The Morgan fingerprint density at radius 3 is 2.30 bits per heavy atom. The maximum absolute atomic E-state index is 11.7. The highest BCUT2D eigenvalue weighted by molar-refractivity contribution is 7.82. The summed E-state index contributed by atoms with van der Waals surface area (Å²) in [6.45, 7) is 1.90. The minimum absolute atomic E-state index is 0. The van der Waals surface area contributed by atoms with Crippen molar-refractivity contribution < 1.29 is 19.2 Å². The van der Waals surface area contributed by atoms with Gasteiger partial charge in [0.1, 0.15) is 22.5 Å². The van der Waals surface area contributed by atoms with Crippen molar-refractivity contribution in [3.05, 3.63) is 47.8 Å². The molecule has 27 heavy (non-hydrogen) atoms. The first kappa shape index (κ1) is 20.1. The van der Waals surface area contributed by atoms with Gasteiger partial charge in [0.05, 0.1) is 10.5 Å². The largest absolute Gasteiger partial charge is 0.507 e. The highest BCUT2D eigenvalue weighted by atomic mass is 32.2. The van der Waals surface area contributed by atoms with E-state index in [2.05, 4.69) is 10.2 Å². The van der Waals surface area contributed by atoms with E-state index in [9.17, 15) is 19.2 Å². The molecule has 10 heteroatoms. The van der Waals surface area contributed by atoms with Crippen LogP contribution in [0.25, 0.3) is 17.1 Å².